The van der Waals surface area contributed by atoms with Crippen LogP contribution < -0.4 is 10.1 Å². The van der Waals surface area contributed by atoms with Crippen molar-refractivity contribution in [1.82, 2.24) is 4.98 Å². The molecule has 5 heteroatoms. The number of anilines is 1. The van der Waals surface area contributed by atoms with Gasteiger partial charge in [-0.2, -0.15) is 0 Å². The number of nitrogens with one attached hydrogen (secondary N) is 1. The zero-order valence-corrected chi connectivity index (χ0v) is 14.5. The molecule has 0 aromatic carbocycles. The number of rotatable bonds is 9. The van der Waals surface area contributed by atoms with Crippen LogP contribution >= 0.6 is 0 Å². The number of carbonyl (C=O) groups excluding carboxylic acids is 1. The number of aromatic nitrogens is 1. The first-order valence-corrected chi connectivity index (χ1v) is 8.82. The van der Waals surface area contributed by atoms with Crippen molar-refractivity contribution in [1.29, 1.82) is 0 Å². The van der Waals surface area contributed by atoms with E-state index >= 15 is 0 Å². The quantitative estimate of drug-likeness (QED) is 0.549. The van der Waals surface area contributed by atoms with Gasteiger partial charge in [-0.1, -0.05) is 25.3 Å². The normalized spacial score (nSPS) is 16.4. The maximum atomic E-state index is 12.2. The molecule has 132 valence electrons. The van der Waals surface area contributed by atoms with Crippen LogP contribution in [0.25, 0.3) is 0 Å². The van der Waals surface area contributed by atoms with Gasteiger partial charge in [-0.05, 0) is 44.2 Å². The highest BCUT2D eigenvalue weighted by molar-refractivity contribution is 5.94. The predicted molar refractivity (Wildman–Crippen MR) is 95.2 cm³/mol. The lowest BCUT2D eigenvalue weighted by molar-refractivity contribution is -0.126. The van der Waals surface area contributed by atoms with Crippen molar-refractivity contribution in [2.24, 2.45) is 5.92 Å². The van der Waals surface area contributed by atoms with Crippen LogP contribution in [0.1, 0.15) is 45.4 Å². The molecule has 1 aliphatic carbocycles. The summed E-state index contributed by atoms with van der Waals surface area (Å²) in [6, 6.07) is 3.66. The molecular weight excluding hydrogens is 304 g/mol. The molecule has 1 N–H and O–H groups in total. The van der Waals surface area contributed by atoms with Crippen molar-refractivity contribution in [3.8, 4) is 5.75 Å². The average molecular weight is 332 g/mol. The second-order valence-corrected chi connectivity index (χ2v) is 6.24. The van der Waals surface area contributed by atoms with Gasteiger partial charge in [-0.3, -0.25) is 4.79 Å². The SMILES string of the molecule is C=CCCOC(C)C(=O)Nc1ncccc1OCC1CCCCC1. The van der Waals surface area contributed by atoms with E-state index in [4.69, 9.17) is 9.47 Å². The Kier molecular flexibility index (Phi) is 7.75. The molecule has 1 unspecified atom stereocenters. The number of nitrogens with zero attached hydrogens (tertiary/aromatic N) is 1. The van der Waals surface area contributed by atoms with Crippen molar-refractivity contribution in [3.05, 3.63) is 31.0 Å². The Morgan fingerprint density at radius 1 is 1.46 bits per heavy atom. The van der Waals surface area contributed by atoms with Gasteiger partial charge in [-0.15, -0.1) is 6.58 Å². The van der Waals surface area contributed by atoms with Crippen LogP contribution in [-0.4, -0.2) is 30.2 Å². The third-order valence-electron chi connectivity index (χ3n) is 4.27. The van der Waals surface area contributed by atoms with E-state index in [1.54, 1.807) is 19.2 Å². The molecule has 0 spiro atoms. The standard InChI is InChI=1S/C19H28N2O3/c1-3-4-13-23-15(2)19(22)21-18-17(11-8-12-20-18)24-14-16-9-6-5-7-10-16/h3,8,11-12,15-16H,1,4-7,9-10,13-14H2,2H3,(H,20,21,22). The summed E-state index contributed by atoms with van der Waals surface area (Å²) in [5.74, 6) is 1.45. The second-order valence-electron chi connectivity index (χ2n) is 6.24. The number of carbonyl (C=O) groups is 1. The summed E-state index contributed by atoms with van der Waals surface area (Å²) >= 11 is 0. The first-order chi connectivity index (χ1) is 11.7. The minimum Gasteiger partial charge on any atom is -0.489 e. The topological polar surface area (TPSA) is 60.5 Å². The molecule has 1 heterocycles. The van der Waals surface area contributed by atoms with Gasteiger partial charge in [0.15, 0.2) is 11.6 Å². The second kappa shape index (κ2) is 10.1. The van der Waals surface area contributed by atoms with Crippen molar-refractivity contribution in [3.63, 3.8) is 0 Å². The Morgan fingerprint density at radius 2 is 2.25 bits per heavy atom. The molecule has 1 fully saturated rings. The Labute approximate surface area is 144 Å². The Balaban J connectivity index is 1.87. The Bertz CT molecular complexity index is 527. The van der Waals surface area contributed by atoms with E-state index in [1.165, 1.54) is 32.1 Å². The summed E-state index contributed by atoms with van der Waals surface area (Å²) in [5.41, 5.74) is 0. The number of amides is 1. The van der Waals surface area contributed by atoms with Crippen LogP contribution in [0, 0.1) is 5.92 Å². The maximum Gasteiger partial charge on any atom is 0.254 e. The summed E-state index contributed by atoms with van der Waals surface area (Å²) in [7, 11) is 0. The molecule has 0 saturated heterocycles. The smallest absolute Gasteiger partial charge is 0.254 e. The van der Waals surface area contributed by atoms with Crippen LogP contribution in [0.15, 0.2) is 31.0 Å². The lowest BCUT2D eigenvalue weighted by Crippen LogP contribution is -2.28. The lowest BCUT2D eigenvalue weighted by atomic mass is 9.90. The van der Waals surface area contributed by atoms with Gasteiger partial charge in [0.1, 0.15) is 6.10 Å². The van der Waals surface area contributed by atoms with Gasteiger partial charge in [0.05, 0.1) is 13.2 Å². The van der Waals surface area contributed by atoms with Crippen molar-refractivity contribution < 1.29 is 14.3 Å². The first-order valence-electron chi connectivity index (χ1n) is 8.82. The van der Waals surface area contributed by atoms with Crippen LogP contribution in [0.2, 0.25) is 0 Å². The number of hydrogen-bond acceptors (Lipinski definition) is 4. The van der Waals surface area contributed by atoms with Crippen molar-refractivity contribution in [2.75, 3.05) is 18.5 Å². The van der Waals surface area contributed by atoms with Gasteiger partial charge in [-0.25, -0.2) is 4.98 Å². The summed E-state index contributed by atoms with van der Waals surface area (Å²) in [5, 5.41) is 2.80. The van der Waals surface area contributed by atoms with E-state index in [0.29, 0.717) is 30.7 Å². The molecule has 0 radical (unpaired) electrons. The van der Waals surface area contributed by atoms with Crippen LogP contribution in [0.5, 0.6) is 5.75 Å². The van der Waals surface area contributed by atoms with Crippen molar-refractivity contribution in [2.45, 2.75) is 51.6 Å². The predicted octanol–water partition coefficient (Wildman–Crippen LogP) is 3.96. The molecule has 5 nitrogen and oxygen atoms in total. The van der Waals surface area contributed by atoms with E-state index < -0.39 is 6.10 Å². The highest BCUT2D eigenvalue weighted by atomic mass is 16.5. The maximum absolute atomic E-state index is 12.2. The number of ether oxygens (including phenoxy) is 2. The van der Waals surface area contributed by atoms with E-state index in [1.807, 2.05) is 12.1 Å². The Hall–Kier alpha value is -1.88. The zero-order chi connectivity index (χ0) is 17.2. The average Bonchev–Trinajstić information content (AvgIpc) is 2.62. The molecule has 1 aliphatic rings. The molecule has 1 amide bonds. The van der Waals surface area contributed by atoms with E-state index in [9.17, 15) is 4.79 Å². The van der Waals surface area contributed by atoms with E-state index in [2.05, 4.69) is 16.9 Å². The Morgan fingerprint density at radius 3 is 3.00 bits per heavy atom. The fourth-order valence-corrected chi connectivity index (χ4v) is 2.78. The minimum atomic E-state index is -0.543. The third-order valence-corrected chi connectivity index (χ3v) is 4.27. The third kappa shape index (κ3) is 5.96. The van der Waals surface area contributed by atoms with Gasteiger partial charge in [0.2, 0.25) is 0 Å². The summed E-state index contributed by atoms with van der Waals surface area (Å²) in [6.07, 6.45) is 9.91. The monoisotopic (exact) mass is 332 g/mol. The summed E-state index contributed by atoms with van der Waals surface area (Å²) in [4.78, 5) is 16.4. The highest BCUT2D eigenvalue weighted by Crippen LogP contribution is 2.27. The van der Waals surface area contributed by atoms with Crippen LogP contribution in [0.4, 0.5) is 5.82 Å². The molecule has 1 aromatic heterocycles. The molecule has 24 heavy (non-hydrogen) atoms. The highest BCUT2D eigenvalue weighted by Gasteiger charge is 2.18. The molecule has 1 atom stereocenters. The summed E-state index contributed by atoms with van der Waals surface area (Å²) < 4.78 is 11.4. The van der Waals surface area contributed by atoms with Crippen LogP contribution in [0.3, 0.4) is 0 Å². The molecule has 1 aromatic rings. The van der Waals surface area contributed by atoms with Gasteiger partial charge in [0.25, 0.3) is 5.91 Å². The van der Waals surface area contributed by atoms with E-state index in [0.717, 1.165) is 6.42 Å². The lowest BCUT2D eigenvalue weighted by Gasteiger charge is -2.22. The molecule has 1 saturated carbocycles. The minimum absolute atomic E-state index is 0.222. The molecule has 2 rings (SSSR count). The van der Waals surface area contributed by atoms with E-state index in [-0.39, 0.29) is 5.91 Å². The van der Waals surface area contributed by atoms with Crippen LogP contribution in [-0.2, 0) is 9.53 Å². The molecule has 0 bridgehead atoms. The number of pyridine rings is 1. The molecule has 0 aliphatic heterocycles. The fraction of sp³-hybridized carbons (Fsp3) is 0.579. The zero-order valence-electron chi connectivity index (χ0n) is 14.5. The van der Waals surface area contributed by atoms with Gasteiger partial charge < -0.3 is 14.8 Å². The number of hydrogen-bond donors (Lipinski definition) is 1. The first kappa shape index (κ1) is 18.5. The largest absolute Gasteiger partial charge is 0.489 e. The fourth-order valence-electron chi connectivity index (χ4n) is 2.78. The summed E-state index contributed by atoms with van der Waals surface area (Å²) in [6.45, 7) is 6.52. The van der Waals surface area contributed by atoms with Gasteiger partial charge in [0, 0.05) is 6.20 Å². The van der Waals surface area contributed by atoms with Gasteiger partial charge >= 0.3 is 0 Å². The molecular formula is C19H28N2O3. The van der Waals surface area contributed by atoms with Crippen molar-refractivity contribution >= 4 is 11.7 Å².